The van der Waals surface area contributed by atoms with Crippen molar-refractivity contribution in [3.8, 4) is 0 Å². The lowest BCUT2D eigenvalue weighted by Gasteiger charge is -2.19. The van der Waals surface area contributed by atoms with Gasteiger partial charge in [-0.15, -0.1) is 0 Å². The summed E-state index contributed by atoms with van der Waals surface area (Å²) in [4.78, 5) is 23.7. The first-order valence-corrected chi connectivity index (χ1v) is 12.7. The number of benzene rings is 1. The van der Waals surface area contributed by atoms with E-state index in [1.54, 1.807) is 0 Å². The van der Waals surface area contributed by atoms with Gasteiger partial charge in [0.25, 0.3) is 0 Å². The highest BCUT2D eigenvalue weighted by Gasteiger charge is 2.15. The Morgan fingerprint density at radius 2 is 1.41 bits per heavy atom. The van der Waals surface area contributed by atoms with Gasteiger partial charge in [-0.25, -0.2) is 4.79 Å². The van der Waals surface area contributed by atoms with E-state index in [0.717, 1.165) is 31.4 Å². The van der Waals surface area contributed by atoms with Gasteiger partial charge in [0.2, 0.25) is 5.91 Å². The van der Waals surface area contributed by atoms with E-state index in [1.807, 2.05) is 32.9 Å². The number of ether oxygens (including phenoxy) is 1. The van der Waals surface area contributed by atoms with Crippen molar-refractivity contribution in [1.82, 2.24) is 5.32 Å². The Morgan fingerprint density at radius 1 is 0.812 bits per heavy atom. The molecule has 0 bridgehead atoms. The van der Waals surface area contributed by atoms with Crippen LogP contribution in [0.15, 0.2) is 24.3 Å². The van der Waals surface area contributed by atoms with Crippen molar-refractivity contribution >= 4 is 17.7 Å². The van der Waals surface area contributed by atoms with Gasteiger partial charge in [0.05, 0.1) is 0 Å². The molecule has 182 valence electrons. The van der Waals surface area contributed by atoms with E-state index in [-0.39, 0.29) is 12.0 Å². The summed E-state index contributed by atoms with van der Waals surface area (Å²) < 4.78 is 5.19. The first kappa shape index (κ1) is 28.0. The van der Waals surface area contributed by atoms with Crippen LogP contribution < -0.4 is 10.6 Å². The number of rotatable bonds is 16. The maximum Gasteiger partial charge on any atom is 0.407 e. The Kier molecular flexibility index (Phi) is 14.5. The zero-order chi connectivity index (χ0) is 23.7. The number of unbranched alkanes of at least 4 members (excludes halogenated alkanes) is 9. The lowest BCUT2D eigenvalue weighted by atomic mass is 10.0. The van der Waals surface area contributed by atoms with Crippen LogP contribution >= 0.6 is 0 Å². The Labute approximate surface area is 196 Å². The molecule has 0 aliphatic carbocycles. The summed E-state index contributed by atoms with van der Waals surface area (Å²) >= 11 is 0. The van der Waals surface area contributed by atoms with Crippen molar-refractivity contribution in [2.24, 2.45) is 0 Å². The summed E-state index contributed by atoms with van der Waals surface area (Å²) in [6, 6.07) is 8.25. The predicted molar refractivity (Wildman–Crippen MR) is 134 cm³/mol. The fraction of sp³-hybridized carbons (Fsp3) is 0.704. The molecule has 0 aliphatic rings. The lowest BCUT2D eigenvalue weighted by Crippen LogP contribution is -2.33. The molecule has 5 heteroatoms. The molecule has 1 aromatic carbocycles. The quantitative estimate of drug-likeness (QED) is 0.260. The Bertz CT molecular complexity index is 635. The number of amides is 2. The summed E-state index contributed by atoms with van der Waals surface area (Å²) in [5.74, 6) is 0.0425. The van der Waals surface area contributed by atoms with Crippen molar-refractivity contribution in [3.63, 3.8) is 0 Å². The maximum atomic E-state index is 12.1. The molecule has 5 nitrogen and oxygen atoms in total. The molecule has 0 saturated heterocycles. The van der Waals surface area contributed by atoms with Crippen LogP contribution in [0.4, 0.5) is 10.5 Å². The van der Waals surface area contributed by atoms with Gasteiger partial charge in [-0.2, -0.15) is 0 Å². The van der Waals surface area contributed by atoms with Crippen LogP contribution in [0.3, 0.4) is 0 Å². The number of nitrogens with one attached hydrogen (secondary N) is 2. The number of alkyl carbamates (subject to hydrolysis) is 1. The van der Waals surface area contributed by atoms with Gasteiger partial charge in [-0.1, -0.05) is 70.4 Å². The van der Waals surface area contributed by atoms with E-state index < -0.39 is 5.60 Å². The molecule has 0 aromatic heterocycles. The van der Waals surface area contributed by atoms with E-state index in [4.69, 9.17) is 4.74 Å². The molecule has 1 rings (SSSR count). The third kappa shape index (κ3) is 15.7. The Balaban J connectivity index is 2.08. The van der Waals surface area contributed by atoms with Gasteiger partial charge in [-0.3, -0.25) is 4.79 Å². The summed E-state index contributed by atoms with van der Waals surface area (Å²) in [7, 11) is 0. The summed E-state index contributed by atoms with van der Waals surface area (Å²) in [6.07, 6.45) is 14.4. The zero-order valence-corrected chi connectivity index (χ0v) is 20.9. The second-order valence-corrected chi connectivity index (χ2v) is 9.71. The van der Waals surface area contributed by atoms with Crippen molar-refractivity contribution in [2.75, 3.05) is 11.9 Å². The van der Waals surface area contributed by atoms with Crippen molar-refractivity contribution < 1.29 is 14.3 Å². The van der Waals surface area contributed by atoms with Crippen LogP contribution in [0.2, 0.25) is 0 Å². The number of aryl methyl sites for hydroxylation is 1. The monoisotopic (exact) mass is 446 g/mol. The predicted octanol–water partition coefficient (Wildman–Crippen LogP) is 7.39. The molecule has 2 amide bonds. The fourth-order valence-corrected chi connectivity index (χ4v) is 3.53. The minimum Gasteiger partial charge on any atom is -0.444 e. The lowest BCUT2D eigenvalue weighted by molar-refractivity contribution is -0.116. The normalized spacial score (nSPS) is 11.2. The third-order valence-electron chi connectivity index (χ3n) is 5.31. The molecule has 0 saturated carbocycles. The van der Waals surface area contributed by atoms with Gasteiger partial charge < -0.3 is 15.4 Å². The third-order valence-corrected chi connectivity index (χ3v) is 5.31. The van der Waals surface area contributed by atoms with Gasteiger partial charge in [0.15, 0.2) is 0 Å². The van der Waals surface area contributed by atoms with Gasteiger partial charge in [0, 0.05) is 18.7 Å². The second kappa shape index (κ2) is 16.6. The molecule has 0 aliphatic heterocycles. The first-order valence-electron chi connectivity index (χ1n) is 12.7. The largest absolute Gasteiger partial charge is 0.444 e. The molecule has 0 heterocycles. The molecule has 0 atom stereocenters. The number of carbonyl (C=O) groups excluding carboxylic acids is 2. The number of anilines is 1. The summed E-state index contributed by atoms with van der Waals surface area (Å²) in [5.41, 5.74) is 1.72. The Morgan fingerprint density at radius 3 is 2.03 bits per heavy atom. The number of carbonyl (C=O) groups is 2. The summed E-state index contributed by atoms with van der Waals surface area (Å²) in [5, 5.41) is 5.72. The van der Waals surface area contributed by atoms with Gasteiger partial charge in [0.1, 0.15) is 5.60 Å². The van der Waals surface area contributed by atoms with E-state index >= 15 is 0 Å². The highest BCUT2D eigenvalue weighted by molar-refractivity contribution is 5.90. The van der Waals surface area contributed by atoms with Crippen LogP contribution in [-0.4, -0.2) is 24.1 Å². The minimum atomic E-state index is -0.478. The molecule has 0 radical (unpaired) electrons. The standard InChI is InChI=1S/C27H46N2O3/c1-5-6-7-8-9-10-11-13-16-23-18-20-24(21-19-23)29-25(30)17-14-12-15-22-28-26(31)32-27(2,3)4/h18-21H,5-17,22H2,1-4H3,(H,28,31)(H,29,30). The smallest absolute Gasteiger partial charge is 0.407 e. The highest BCUT2D eigenvalue weighted by atomic mass is 16.6. The Hall–Kier alpha value is -2.04. The van der Waals surface area contributed by atoms with E-state index in [9.17, 15) is 9.59 Å². The van der Waals surface area contributed by atoms with Gasteiger partial charge in [-0.05, 0) is 64.2 Å². The fourth-order valence-electron chi connectivity index (χ4n) is 3.53. The van der Waals surface area contributed by atoms with Crippen molar-refractivity contribution in [2.45, 2.75) is 117 Å². The molecule has 0 fully saturated rings. The maximum absolute atomic E-state index is 12.1. The summed E-state index contributed by atoms with van der Waals surface area (Å²) in [6.45, 7) is 8.35. The molecular weight excluding hydrogens is 400 g/mol. The van der Waals surface area contributed by atoms with Crippen LogP contribution in [0, 0.1) is 0 Å². The van der Waals surface area contributed by atoms with E-state index in [0.29, 0.717) is 13.0 Å². The van der Waals surface area contributed by atoms with Crippen molar-refractivity contribution in [3.05, 3.63) is 29.8 Å². The minimum absolute atomic E-state index is 0.0425. The topological polar surface area (TPSA) is 67.4 Å². The second-order valence-electron chi connectivity index (χ2n) is 9.71. The zero-order valence-electron chi connectivity index (χ0n) is 20.9. The van der Waals surface area contributed by atoms with E-state index in [2.05, 4.69) is 29.7 Å². The average Bonchev–Trinajstić information content (AvgIpc) is 2.72. The molecular formula is C27H46N2O3. The number of hydrogen-bond acceptors (Lipinski definition) is 3. The number of hydrogen-bond donors (Lipinski definition) is 2. The van der Waals surface area contributed by atoms with Crippen molar-refractivity contribution in [1.29, 1.82) is 0 Å². The van der Waals surface area contributed by atoms with Crippen LogP contribution in [0.1, 0.15) is 110 Å². The molecule has 0 spiro atoms. The van der Waals surface area contributed by atoms with Crippen LogP contribution in [-0.2, 0) is 16.0 Å². The highest BCUT2D eigenvalue weighted by Crippen LogP contribution is 2.15. The van der Waals surface area contributed by atoms with Crippen LogP contribution in [0.5, 0.6) is 0 Å². The van der Waals surface area contributed by atoms with E-state index in [1.165, 1.54) is 56.9 Å². The average molecular weight is 447 g/mol. The van der Waals surface area contributed by atoms with Crippen LogP contribution in [0.25, 0.3) is 0 Å². The molecule has 1 aromatic rings. The molecule has 32 heavy (non-hydrogen) atoms. The molecule has 0 unspecified atom stereocenters. The first-order chi connectivity index (χ1) is 15.3. The van der Waals surface area contributed by atoms with Gasteiger partial charge >= 0.3 is 6.09 Å². The molecule has 2 N–H and O–H groups in total. The SMILES string of the molecule is CCCCCCCCCCc1ccc(NC(=O)CCCCCNC(=O)OC(C)(C)C)cc1.